The van der Waals surface area contributed by atoms with Crippen molar-refractivity contribution in [1.82, 2.24) is 5.43 Å². The van der Waals surface area contributed by atoms with Crippen molar-refractivity contribution in [3.05, 3.63) is 29.3 Å². The van der Waals surface area contributed by atoms with Crippen LogP contribution in [0, 0.1) is 0 Å². The summed E-state index contributed by atoms with van der Waals surface area (Å²) in [6.45, 7) is 3.02. The molecule has 18 heavy (non-hydrogen) atoms. The molecule has 0 saturated carbocycles. The molecular weight excluding hydrogens is 234 g/mol. The van der Waals surface area contributed by atoms with Gasteiger partial charge in [0.2, 0.25) is 0 Å². The number of nitrogens with one attached hydrogen (secondary N) is 1. The minimum absolute atomic E-state index is 0.463. The van der Waals surface area contributed by atoms with Gasteiger partial charge in [-0.1, -0.05) is 0 Å². The van der Waals surface area contributed by atoms with Crippen LogP contribution in [0.1, 0.15) is 18.1 Å². The van der Waals surface area contributed by atoms with E-state index in [-0.39, 0.29) is 0 Å². The minimum atomic E-state index is -0.700. The summed E-state index contributed by atoms with van der Waals surface area (Å²) in [6, 6.07) is 4.82. The van der Waals surface area contributed by atoms with Crippen LogP contribution in [0.4, 0.5) is 4.79 Å². The van der Waals surface area contributed by atoms with E-state index in [4.69, 9.17) is 15.2 Å². The molecule has 1 aromatic rings. The summed E-state index contributed by atoms with van der Waals surface area (Å²) in [6.07, 6.45) is 1.50. The largest absolute Gasteiger partial charge is 0.496 e. The number of hydrazone groups is 1. The van der Waals surface area contributed by atoms with Gasteiger partial charge in [-0.25, -0.2) is 10.2 Å². The average Bonchev–Trinajstić information content (AvgIpc) is 2.36. The highest BCUT2D eigenvalue weighted by Gasteiger charge is 2.03. The molecule has 2 amide bonds. The summed E-state index contributed by atoms with van der Waals surface area (Å²) in [5.41, 5.74) is 8.76. The molecule has 6 nitrogen and oxygen atoms in total. The van der Waals surface area contributed by atoms with Gasteiger partial charge in [-0.15, -0.1) is 0 Å². The van der Waals surface area contributed by atoms with Crippen molar-refractivity contribution in [2.75, 3.05) is 13.7 Å². The smallest absolute Gasteiger partial charge is 0.332 e. The van der Waals surface area contributed by atoms with Crippen LogP contribution in [0.3, 0.4) is 0 Å². The summed E-state index contributed by atoms with van der Waals surface area (Å²) < 4.78 is 10.6. The fourth-order valence-electron chi connectivity index (χ4n) is 1.37. The number of ether oxygens (including phenoxy) is 2. The van der Waals surface area contributed by atoms with Crippen molar-refractivity contribution in [3.63, 3.8) is 0 Å². The zero-order chi connectivity index (χ0) is 13.4. The SMILES string of the molecule is CCOCc1cc(C=NNC(N)=O)ccc1OC. The van der Waals surface area contributed by atoms with Gasteiger partial charge in [0.05, 0.1) is 19.9 Å². The van der Waals surface area contributed by atoms with Crippen LogP contribution in [0.25, 0.3) is 0 Å². The van der Waals surface area contributed by atoms with Crippen molar-refractivity contribution in [2.24, 2.45) is 10.8 Å². The Balaban J connectivity index is 2.81. The molecule has 0 bridgehead atoms. The molecular formula is C12H17N3O3. The third kappa shape index (κ3) is 4.42. The lowest BCUT2D eigenvalue weighted by atomic mass is 10.1. The molecule has 0 heterocycles. The second-order valence-electron chi connectivity index (χ2n) is 3.44. The predicted molar refractivity (Wildman–Crippen MR) is 68.6 cm³/mol. The number of hydrogen-bond acceptors (Lipinski definition) is 4. The first-order chi connectivity index (χ1) is 8.67. The van der Waals surface area contributed by atoms with E-state index in [9.17, 15) is 4.79 Å². The first-order valence-electron chi connectivity index (χ1n) is 5.50. The topological polar surface area (TPSA) is 85.9 Å². The molecule has 0 aromatic heterocycles. The van der Waals surface area contributed by atoms with Crippen LogP contribution in [-0.4, -0.2) is 26.0 Å². The molecule has 1 rings (SSSR count). The second-order valence-corrected chi connectivity index (χ2v) is 3.44. The van der Waals surface area contributed by atoms with Crippen LogP contribution in [-0.2, 0) is 11.3 Å². The van der Waals surface area contributed by atoms with Gasteiger partial charge in [0.15, 0.2) is 0 Å². The molecule has 0 aliphatic heterocycles. The van der Waals surface area contributed by atoms with Gasteiger partial charge in [0, 0.05) is 12.2 Å². The highest BCUT2D eigenvalue weighted by Crippen LogP contribution is 2.20. The standard InChI is InChI=1S/C12H17N3O3/c1-3-18-8-10-6-9(4-5-11(10)17-2)7-14-15-12(13)16/h4-7H,3,8H2,1-2H3,(H3,13,15,16). The average molecular weight is 251 g/mol. The number of carbonyl (C=O) groups is 1. The molecule has 98 valence electrons. The van der Waals surface area contributed by atoms with Crippen molar-refractivity contribution in [2.45, 2.75) is 13.5 Å². The number of hydrogen-bond donors (Lipinski definition) is 2. The summed E-state index contributed by atoms with van der Waals surface area (Å²) >= 11 is 0. The fraction of sp³-hybridized carbons (Fsp3) is 0.333. The first kappa shape index (κ1) is 14.0. The number of urea groups is 1. The lowest BCUT2D eigenvalue weighted by molar-refractivity contribution is 0.132. The molecule has 0 spiro atoms. The summed E-state index contributed by atoms with van der Waals surface area (Å²) in [5.74, 6) is 0.753. The maximum atomic E-state index is 10.5. The van der Waals surface area contributed by atoms with Gasteiger partial charge in [0.25, 0.3) is 0 Å². The quantitative estimate of drug-likeness (QED) is 0.589. The minimum Gasteiger partial charge on any atom is -0.496 e. The van der Waals surface area contributed by atoms with Crippen LogP contribution in [0.2, 0.25) is 0 Å². The number of benzene rings is 1. The molecule has 0 aliphatic rings. The molecule has 0 radical (unpaired) electrons. The van der Waals surface area contributed by atoms with E-state index in [0.29, 0.717) is 13.2 Å². The molecule has 0 unspecified atom stereocenters. The van der Waals surface area contributed by atoms with Gasteiger partial charge >= 0.3 is 6.03 Å². The van der Waals surface area contributed by atoms with Gasteiger partial charge in [-0.3, -0.25) is 0 Å². The fourth-order valence-corrected chi connectivity index (χ4v) is 1.37. The third-order valence-corrected chi connectivity index (χ3v) is 2.15. The Morgan fingerprint density at radius 3 is 2.94 bits per heavy atom. The molecule has 0 fully saturated rings. The van der Waals surface area contributed by atoms with Gasteiger partial charge < -0.3 is 15.2 Å². The first-order valence-corrected chi connectivity index (χ1v) is 5.50. The Labute approximate surface area is 106 Å². The summed E-state index contributed by atoms with van der Waals surface area (Å²) in [7, 11) is 1.60. The molecule has 0 saturated heterocycles. The lowest BCUT2D eigenvalue weighted by Gasteiger charge is -2.09. The number of methoxy groups -OCH3 is 1. The van der Waals surface area contributed by atoms with E-state index < -0.39 is 6.03 Å². The Morgan fingerprint density at radius 1 is 1.56 bits per heavy atom. The maximum Gasteiger partial charge on any atom is 0.332 e. The van der Waals surface area contributed by atoms with Gasteiger partial charge in [0.1, 0.15) is 5.75 Å². The molecule has 3 N–H and O–H groups in total. The Kier molecular flexibility index (Phi) is 5.66. The summed E-state index contributed by atoms with van der Waals surface area (Å²) in [4.78, 5) is 10.5. The van der Waals surface area contributed by atoms with E-state index >= 15 is 0 Å². The summed E-state index contributed by atoms with van der Waals surface area (Å²) in [5, 5.41) is 3.69. The highest BCUT2D eigenvalue weighted by molar-refractivity contribution is 5.82. The molecule has 6 heteroatoms. The zero-order valence-corrected chi connectivity index (χ0v) is 10.5. The number of carbonyl (C=O) groups excluding carboxylic acids is 1. The van der Waals surface area contributed by atoms with Crippen molar-refractivity contribution in [3.8, 4) is 5.75 Å². The zero-order valence-electron chi connectivity index (χ0n) is 10.5. The number of rotatable bonds is 6. The van der Waals surface area contributed by atoms with E-state index in [1.807, 2.05) is 25.1 Å². The number of nitrogens with zero attached hydrogens (tertiary/aromatic N) is 1. The monoisotopic (exact) mass is 251 g/mol. The highest BCUT2D eigenvalue weighted by atomic mass is 16.5. The van der Waals surface area contributed by atoms with Crippen LogP contribution < -0.4 is 15.9 Å². The maximum absolute atomic E-state index is 10.5. The van der Waals surface area contributed by atoms with Crippen molar-refractivity contribution >= 4 is 12.2 Å². The normalized spacial score (nSPS) is 10.6. The van der Waals surface area contributed by atoms with Crippen molar-refractivity contribution < 1.29 is 14.3 Å². The van der Waals surface area contributed by atoms with E-state index in [2.05, 4.69) is 10.5 Å². The lowest BCUT2D eigenvalue weighted by Crippen LogP contribution is -2.24. The Bertz CT molecular complexity index is 433. The van der Waals surface area contributed by atoms with E-state index in [1.54, 1.807) is 7.11 Å². The molecule has 0 aliphatic carbocycles. The van der Waals surface area contributed by atoms with E-state index in [0.717, 1.165) is 16.9 Å². The Hall–Kier alpha value is -2.08. The van der Waals surface area contributed by atoms with Crippen molar-refractivity contribution in [1.29, 1.82) is 0 Å². The number of nitrogens with two attached hydrogens (primary N) is 1. The van der Waals surface area contributed by atoms with Crippen LogP contribution in [0.5, 0.6) is 5.75 Å². The van der Waals surface area contributed by atoms with Crippen LogP contribution in [0.15, 0.2) is 23.3 Å². The Morgan fingerprint density at radius 2 is 2.33 bits per heavy atom. The predicted octanol–water partition coefficient (Wildman–Crippen LogP) is 1.23. The third-order valence-electron chi connectivity index (χ3n) is 2.15. The van der Waals surface area contributed by atoms with Gasteiger partial charge in [-0.05, 0) is 30.7 Å². The second kappa shape index (κ2) is 7.29. The van der Waals surface area contributed by atoms with E-state index in [1.165, 1.54) is 6.21 Å². The number of amides is 2. The molecule has 1 aromatic carbocycles. The van der Waals surface area contributed by atoms with Crippen LogP contribution >= 0.6 is 0 Å². The molecule has 0 atom stereocenters. The van der Waals surface area contributed by atoms with Gasteiger partial charge in [-0.2, -0.15) is 5.10 Å². The number of primary amides is 1.